The van der Waals surface area contributed by atoms with Crippen LogP contribution in [-0.2, 0) is 9.53 Å². The number of rotatable bonds is 4. The van der Waals surface area contributed by atoms with Crippen LogP contribution < -0.4 is 5.73 Å². The third-order valence-corrected chi connectivity index (χ3v) is 2.04. The molecule has 0 aliphatic rings. The van der Waals surface area contributed by atoms with E-state index in [0.717, 1.165) is 0 Å². The van der Waals surface area contributed by atoms with E-state index in [0.29, 0.717) is 0 Å². The van der Waals surface area contributed by atoms with Gasteiger partial charge in [-0.1, -0.05) is 0 Å². The van der Waals surface area contributed by atoms with Crippen molar-refractivity contribution in [2.24, 2.45) is 5.73 Å². The molecule has 0 radical (unpaired) electrons. The Hall–Kier alpha value is -1.14. The molecule has 1 heterocycles. The topological polar surface area (TPSA) is 65.5 Å². The van der Waals surface area contributed by atoms with Crippen LogP contribution in [0.3, 0.4) is 0 Å². The zero-order valence-electron chi connectivity index (χ0n) is 8.38. The number of ether oxygens (including phenoxy) is 1. The van der Waals surface area contributed by atoms with Crippen molar-refractivity contribution in [2.45, 2.75) is 18.9 Å². The molecular formula is C9H10ClF2NO3. The standard InChI is InChI=1S/C9H10ClF2NO3/c1-2-15-8(14)9(11,12)7(13)5-3-4-6(10)16-5/h3-4,7H,2,13H2,1H3/t7-/m0/s1. The molecule has 0 spiro atoms. The smallest absolute Gasteiger partial charge is 0.379 e. The predicted octanol–water partition coefficient (Wildman–Crippen LogP) is 2.13. The van der Waals surface area contributed by atoms with Gasteiger partial charge in [0.25, 0.3) is 0 Å². The summed E-state index contributed by atoms with van der Waals surface area (Å²) in [6.45, 7) is 1.27. The van der Waals surface area contributed by atoms with E-state index in [9.17, 15) is 13.6 Å². The summed E-state index contributed by atoms with van der Waals surface area (Å²) in [6.07, 6.45) is 0. The normalized spacial score (nSPS) is 13.6. The first-order valence-corrected chi connectivity index (χ1v) is 4.83. The lowest BCUT2D eigenvalue weighted by Gasteiger charge is -2.19. The highest BCUT2D eigenvalue weighted by molar-refractivity contribution is 6.28. The fourth-order valence-electron chi connectivity index (χ4n) is 1.03. The van der Waals surface area contributed by atoms with Crippen LogP contribution in [0.2, 0.25) is 5.22 Å². The minimum atomic E-state index is -3.85. The SMILES string of the molecule is CCOC(=O)C(F)(F)[C@@H](N)c1ccc(Cl)o1. The zero-order chi connectivity index (χ0) is 12.3. The molecular weight excluding hydrogens is 244 g/mol. The lowest BCUT2D eigenvalue weighted by Crippen LogP contribution is -2.41. The van der Waals surface area contributed by atoms with E-state index >= 15 is 0 Å². The number of alkyl halides is 2. The van der Waals surface area contributed by atoms with Crippen molar-refractivity contribution in [1.29, 1.82) is 0 Å². The minimum Gasteiger partial charge on any atom is -0.462 e. The highest BCUT2D eigenvalue weighted by Crippen LogP contribution is 2.32. The van der Waals surface area contributed by atoms with Crippen molar-refractivity contribution in [3.63, 3.8) is 0 Å². The molecule has 7 heteroatoms. The largest absolute Gasteiger partial charge is 0.462 e. The number of hydrogen-bond acceptors (Lipinski definition) is 4. The molecule has 16 heavy (non-hydrogen) atoms. The van der Waals surface area contributed by atoms with Crippen molar-refractivity contribution < 1.29 is 22.7 Å². The van der Waals surface area contributed by atoms with Gasteiger partial charge in [-0.2, -0.15) is 8.78 Å². The summed E-state index contributed by atoms with van der Waals surface area (Å²) in [4.78, 5) is 11.0. The molecule has 0 fully saturated rings. The average Bonchev–Trinajstić information content (AvgIpc) is 2.64. The molecule has 0 amide bonds. The molecule has 0 saturated carbocycles. The summed E-state index contributed by atoms with van der Waals surface area (Å²) in [5.74, 6) is -5.81. The van der Waals surface area contributed by atoms with Crippen LogP contribution in [0, 0.1) is 0 Å². The second-order valence-electron chi connectivity index (χ2n) is 2.96. The number of hydrogen-bond donors (Lipinski definition) is 1. The lowest BCUT2D eigenvalue weighted by molar-refractivity contribution is -0.175. The summed E-state index contributed by atoms with van der Waals surface area (Å²) < 4.78 is 35.7. The Morgan fingerprint density at radius 3 is 2.75 bits per heavy atom. The van der Waals surface area contributed by atoms with E-state index in [4.69, 9.17) is 21.8 Å². The van der Waals surface area contributed by atoms with E-state index in [2.05, 4.69) is 4.74 Å². The van der Waals surface area contributed by atoms with Crippen molar-refractivity contribution in [3.8, 4) is 0 Å². The predicted molar refractivity (Wildman–Crippen MR) is 52.2 cm³/mol. The molecule has 1 aromatic heterocycles. The number of esters is 1. The molecule has 0 aromatic carbocycles. The van der Waals surface area contributed by atoms with Gasteiger partial charge < -0.3 is 14.9 Å². The Morgan fingerprint density at radius 2 is 2.31 bits per heavy atom. The molecule has 0 bridgehead atoms. The number of nitrogens with two attached hydrogens (primary N) is 1. The fourth-order valence-corrected chi connectivity index (χ4v) is 1.18. The maximum Gasteiger partial charge on any atom is 0.379 e. The maximum atomic E-state index is 13.4. The highest BCUT2D eigenvalue weighted by atomic mass is 35.5. The van der Waals surface area contributed by atoms with Crippen molar-refractivity contribution >= 4 is 17.6 Å². The number of carbonyl (C=O) groups excluding carboxylic acids is 1. The Morgan fingerprint density at radius 1 is 1.69 bits per heavy atom. The second kappa shape index (κ2) is 4.80. The van der Waals surface area contributed by atoms with E-state index in [1.165, 1.54) is 19.1 Å². The third-order valence-electron chi connectivity index (χ3n) is 1.84. The molecule has 1 aromatic rings. The van der Waals surface area contributed by atoms with Gasteiger partial charge in [0.1, 0.15) is 11.8 Å². The molecule has 0 unspecified atom stereocenters. The first-order chi connectivity index (χ1) is 7.39. The van der Waals surface area contributed by atoms with Gasteiger partial charge in [-0.05, 0) is 30.7 Å². The Labute approximate surface area is 95.3 Å². The van der Waals surface area contributed by atoms with Gasteiger partial charge in [-0.25, -0.2) is 4.79 Å². The molecule has 90 valence electrons. The summed E-state index contributed by atoms with van der Waals surface area (Å²) in [5, 5.41) is -0.0786. The monoisotopic (exact) mass is 253 g/mol. The van der Waals surface area contributed by atoms with Gasteiger partial charge in [-0.15, -0.1) is 0 Å². The van der Waals surface area contributed by atoms with Gasteiger partial charge in [0.15, 0.2) is 5.22 Å². The van der Waals surface area contributed by atoms with Crippen LogP contribution >= 0.6 is 11.6 Å². The average molecular weight is 254 g/mol. The van der Waals surface area contributed by atoms with E-state index < -0.39 is 17.9 Å². The number of halogens is 3. The van der Waals surface area contributed by atoms with Gasteiger partial charge >= 0.3 is 11.9 Å². The fraction of sp³-hybridized carbons (Fsp3) is 0.444. The van der Waals surface area contributed by atoms with Crippen LogP contribution in [0.4, 0.5) is 8.78 Å². The summed E-state index contributed by atoms with van der Waals surface area (Å²) in [6, 6.07) is 0.525. The first-order valence-electron chi connectivity index (χ1n) is 4.45. The molecule has 1 rings (SSSR count). The van der Waals surface area contributed by atoms with Gasteiger partial charge in [0.2, 0.25) is 0 Å². The zero-order valence-corrected chi connectivity index (χ0v) is 9.13. The summed E-state index contributed by atoms with van der Waals surface area (Å²) in [5.41, 5.74) is 5.21. The van der Waals surface area contributed by atoms with E-state index in [1.54, 1.807) is 0 Å². The van der Waals surface area contributed by atoms with Crippen LogP contribution in [0.5, 0.6) is 0 Å². The third kappa shape index (κ3) is 2.51. The maximum absolute atomic E-state index is 13.4. The summed E-state index contributed by atoms with van der Waals surface area (Å²) in [7, 11) is 0. The molecule has 0 saturated heterocycles. The molecule has 0 aliphatic carbocycles. The number of furan rings is 1. The Bertz CT molecular complexity index is 381. The first kappa shape index (κ1) is 12.9. The van der Waals surface area contributed by atoms with Crippen LogP contribution in [-0.4, -0.2) is 18.5 Å². The molecule has 1 atom stereocenters. The van der Waals surface area contributed by atoms with E-state index in [1.807, 2.05) is 0 Å². The highest BCUT2D eigenvalue weighted by Gasteiger charge is 2.49. The van der Waals surface area contributed by atoms with Gasteiger partial charge in [0, 0.05) is 0 Å². The lowest BCUT2D eigenvalue weighted by atomic mass is 10.1. The molecule has 2 N–H and O–H groups in total. The molecule has 0 aliphatic heterocycles. The molecule has 4 nitrogen and oxygen atoms in total. The Balaban J connectivity index is 2.87. The summed E-state index contributed by atoms with van der Waals surface area (Å²) >= 11 is 5.41. The Kier molecular flexibility index (Phi) is 3.88. The minimum absolute atomic E-state index is 0.0786. The van der Waals surface area contributed by atoms with Crippen molar-refractivity contribution in [1.82, 2.24) is 0 Å². The van der Waals surface area contributed by atoms with Crippen molar-refractivity contribution in [2.75, 3.05) is 6.61 Å². The van der Waals surface area contributed by atoms with E-state index in [-0.39, 0.29) is 17.6 Å². The van der Waals surface area contributed by atoms with Gasteiger partial charge in [-0.3, -0.25) is 0 Å². The quantitative estimate of drug-likeness (QED) is 0.835. The van der Waals surface area contributed by atoms with Crippen LogP contribution in [0.1, 0.15) is 18.7 Å². The number of carbonyl (C=O) groups is 1. The van der Waals surface area contributed by atoms with Gasteiger partial charge in [0.05, 0.1) is 6.61 Å². The van der Waals surface area contributed by atoms with Crippen molar-refractivity contribution in [3.05, 3.63) is 23.1 Å². The second-order valence-corrected chi connectivity index (χ2v) is 3.34. The van der Waals surface area contributed by atoms with Crippen LogP contribution in [0.25, 0.3) is 0 Å². The van der Waals surface area contributed by atoms with Crippen LogP contribution in [0.15, 0.2) is 16.5 Å².